The number of ether oxygens (including phenoxy) is 1. The molecule has 0 spiro atoms. The number of hydrogen-bond acceptors (Lipinski definition) is 4. The van der Waals surface area contributed by atoms with E-state index in [9.17, 15) is 0 Å². The lowest BCUT2D eigenvalue weighted by Gasteiger charge is -2.10. The first-order valence-corrected chi connectivity index (χ1v) is 6.78. The SMILES string of the molecule is Cc1ccc(Oc2ccc3nc(C)cc(NN)c3c2)cc1. The lowest BCUT2D eigenvalue weighted by molar-refractivity contribution is 0.483. The number of hydrogen-bond donors (Lipinski definition) is 2. The lowest BCUT2D eigenvalue weighted by atomic mass is 10.1. The molecule has 0 saturated heterocycles. The highest BCUT2D eigenvalue weighted by molar-refractivity contribution is 5.92. The fraction of sp³-hybridized carbons (Fsp3) is 0.118. The molecule has 0 atom stereocenters. The molecule has 0 aliphatic rings. The molecule has 1 heterocycles. The highest BCUT2D eigenvalue weighted by Gasteiger charge is 2.05. The predicted molar refractivity (Wildman–Crippen MR) is 85.5 cm³/mol. The Hall–Kier alpha value is -2.59. The first kappa shape index (κ1) is 13.4. The number of rotatable bonds is 3. The van der Waals surface area contributed by atoms with Crippen molar-refractivity contribution in [1.82, 2.24) is 4.98 Å². The van der Waals surface area contributed by atoms with Crippen LogP contribution in [0.25, 0.3) is 10.9 Å². The summed E-state index contributed by atoms with van der Waals surface area (Å²) in [5, 5.41) is 0.938. The van der Waals surface area contributed by atoms with Crippen LogP contribution in [0.2, 0.25) is 0 Å². The van der Waals surface area contributed by atoms with Gasteiger partial charge in [-0.3, -0.25) is 10.8 Å². The van der Waals surface area contributed by atoms with Crippen molar-refractivity contribution in [2.75, 3.05) is 5.43 Å². The fourth-order valence-corrected chi connectivity index (χ4v) is 2.26. The molecule has 0 aliphatic carbocycles. The van der Waals surface area contributed by atoms with Crippen LogP contribution in [-0.2, 0) is 0 Å². The Balaban J connectivity index is 2.00. The lowest BCUT2D eigenvalue weighted by Crippen LogP contribution is -2.07. The van der Waals surface area contributed by atoms with E-state index in [-0.39, 0.29) is 0 Å². The van der Waals surface area contributed by atoms with Crippen molar-refractivity contribution in [2.24, 2.45) is 5.84 Å². The number of nitrogens with one attached hydrogen (secondary N) is 1. The third-order valence-electron chi connectivity index (χ3n) is 3.32. The van der Waals surface area contributed by atoms with Crippen molar-refractivity contribution in [3.05, 3.63) is 59.8 Å². The van der Waals surface area contributed by atoms with Gasteiger partial charge in [0.15, 0.2) is 0 Å². The van der Waals surface area contributed by atoms with E-state index >= 15 is 0 Å². The summed E-state index contributed by atoms with van der Waals surface area (Å²) in [5.74, 6) is 7.15. The van der Waals surface area contributed by atoms with E-state index < -0.39 is 0 Å². The van der Waals surface area contributed by atoms with Crippen molar-refractivity contribution in [1.29, 1.82) is 0 Å². The van der Waals surface area contributed by atoms with Crippen LogP contribution in [-0.4, -0.2) is 4.98 Å². The van der Waals surface area contributed by atoms with E-state index in [0.29, 0.717) is 0 Å². The maximum atomic E-state index is 5.87. The van der Waals surface area contributed by atoms with E-state index in [1.807, 2.05) is 62.4 Å². The first-order valence-electron chi connectivity index (χ1n) is 6.78. The summed E-state index contributed by atoms with van der Waals surface area (Å²) >= 11 is 0. The number of anilines is 1. The standard InChI is InChI=1S/C17H17N3O/c1-11-3-5-13(6-4-11)21-14-7-8-16-15(10-14)17(20-18)9-12(2)19-16/h3-10H,18H2,1-2H3,(H,19,20). The minimum Gasteiger partial charge on any atom is -0.457 e. The van der Waals surface area contributed by atoms with Crippen molar-refractivity contribution in [3.63, 3.8) is 0 Å². The molecular weight excluding hydrogens is 262 g/mol. The van der Waals surface area contributed by atoms with Crippen LogP contribution in [0.15, 0.2) is 48.5 Å². The fourth-order valence-electron chi connectivity index (χ4n) is 2.26. The van der Waals surface area contributed by atoms with Gasteiger partial charge in [-0.05, 0) is 50.2 Å². The molecule has 3 rings (SSSR count). The zero-order chi connectivity index (χ0) is 14.8. The molecule has 0 radical (unpaired) electrons. The van der Waals surface area contributed by atoms with Crippen LogP contribution in [0, 0.1) is 13.8 Å². The van der Waals surface area contributed by atoms with Crippen LogP contribution < -0.4 is 16.0 Å². The molecule has 106 valence electrons. The van der Waals surface area contributed by atoms with Crippen LogP contribution in [0.4, 0.5) is 5.69 Å². The molecule has 0 fully saturated rings. The van der Waals surface area contributed by atoms with E-state index in [4.69, 9.17) is 10.6 Å². The largest absolute Gasteiger partial charge is 0.457 e. The smallest absolute Gasteiger partial charge is 0.128 e. The van der Waals surface area contributed by atoms with E-state index in [2.05, 4.69) is 10.4 Å². The number of aromatic nitrogens is 1. The number of nitrogen functional groups attached to an aromatic ring is 1. The molecule has 2 aromatic carbocycles. The number of fused-ring (bicyclic) bond motifs is 1. The molecule has 0 saturated carbocycles. The van der Waals surface area contributed by atoms with Gasteiger partial charge in [0.2, 0.25) is 0 Å². The highest BCUT2D eigenvalue weighted by Crippen LogP contribution is 2.29. The third-order valence-corrected chi connectivity index (χ3v) is 3.32. The van der Waals surface area contributed by atoms with Crippen molar-refractivity contribution in [2.45, 2.75) is 13.8 Å². The predicted octanol–water partition coefficient (Wildman–Crippen LogP) is 3.93. The van der Waals surface area contributed by atoms with Gasteiger partial charge < -0.3 is 10.2 Å². The van der Waals surface area contributed by atoms with Crippen LogP contribution in [0.5, 0.6) is 11.5 Å². The van der Waals surface area contributed by atoms with Gasteiger partial charge in [-0.25, -0.2) is 0 Å². The molecule has 0 amide bonds. The number of aryl methyl sites for hydroxylation is 2. The number of pyridine rings is 1. The monoisotopic (exact) mass is 279 g/mol. The minimum atomic E-state index is 0.758. The first-order chi connectivity index (χ1) is 10.2. The molecule has 0 aliphatic heterocycles. The van der Waals surface area contributed by atoms with Gasteiger partial charge in [0.1, 0.15) is 11.5 Å². The zero-order valence-electron chi connectivity index (χ0n) is 12.1. The van der Waals surface area contributed by atoms with Gasteiger partial charge in [0, 0.05) is 11.1 Å². The second kappa shape index (κ2) is 5.42. The van der Waals surface area contributed by atoms with Gasteiger partial charge >= 0.3 is 0 Å². The Morgan fingerprint density at radius 2 is 1.67 bits per heavy atom. The maximum absolute atomic E-state index is 5.87. The number of nitrogens with zero attached hydrogens (tertiary/aromatic N) is 1. The Kier molecular flexibility index (Phi) is 3.46. The summed E-state index contributed by atoms with van der Waals surface area (Å²) in [4.78, 5) is 4.49. The highest BCUT2D eigenvalue weighted by atomic mass is 16.5. The minimum absolute atomic E-state index is 0.758. The molecule has 3 N–H and O–H groups in total. The maximum Gasteiger partial charge on any atom is 0.128 e. The Morgan fingerprint density at radius 1 is 0.952 bits per heavy atom. The number of benzene rings is 2. The summed E-state index contributed by atoms with van der Waals surface area (Å²) in [7, 11) is 0. The third kappa shape index (κ3) is 2.80. The van der Waals surface area contributed by atoms with E-state index in [0.717, 1.165) is 33.8 Å². The molecule has 21 heavy (non-hydrogen) atoms. The summed E-state index contributed by atoms with van der Waals surface area (Å²) in [6, 6.07) is 15.7. The van der Waals surface area contributed by atoms with Gasteiger partial charge in [-0.1, -0.05) is 17.7 Å². The second-order valence-electron chi connectivity index (χ2n) is 5.05. The average molecular weight is 279 g/mol. The molecule has 0 bridgehead atoms. The summed E-state index contributed by atoms with van der Waals surface area (Å²) in [6.07, 6.45) is 0. The van der Waals surface area contributed by atoms with Crippen LogP contribution >= 0.6 is 0 Å². The molecule has 0 unspecified atom stereocenters. The average Bonchev–Trinajstić information content (AvgIpc) is 2.49. The topological polar surface area (TPSA) is 60.2 Å². The van der Waals surface area contributed by atoms with Gasteiger partial charge in [0.05, 0.1) is 11.2 Å². The number of hydrazine groups is 1. The Morgan fingerprint density at radius 3 is 2.38 bits per heavy atom. The number of nitrogens with two attached hydrogens (primary N) is 1. The summed E-state index contributed by atoms with van der Waals surface area (Å²) < 4.78 is 5.87. The van der Waals surface area contributed by atoms with E-state index in [1.165, 1.54) is 5.56 Å². The van der Waals surface area contributed by atoms with E-state index in [1.54, 1.807) is 0 Å². The normalized spacial score (nSPS) is 10.6. The molecule has 1 aromatic heterocycles. The van der Waals surface area contributed by atoms with Gasteiger partial charge in [0.25, 0.3) is 0 Å². The van der Waals surface area contributed by atoms with Gasteiger partial charge in [-0.15, -0.1) is 0 Å². The van der Waals surface area contributed by atoms with Crippen LogP contribution in [0.1, 0.15) is 11.3 Å². The Bertz CT molecular complexity index is 782. The van der Waals surface area contributed by atoms with Gasteiger partial charge in [-0.2, -0.15) is 0 Å². The quantitative estimate of drug-likeness (QED) is 0.563. The molecule has 4 nitrogen and oxygen atoms in total. The molecular formula is C17H17N3O. The molecule has 3 aromatic rings. The summed E-state index contributed by atoms with van der Waals surface area (Å²) in [5.41, 5.74) is 6.56. The van der Waals surface area contributed by atoms with Crippen molar-refractivity contribution < 1.29 is 4.74 Å². The Labute approximate surface area is 123 Å². The van der Waals surface area contributed by atoms with Crippen molar-refractivity contribution >= 4 is 16.6 Å². The zero-order valence-corrected chi connectivity index (χ0v) is 12.1. The molecule has 4 heteroatoms. The second-order valence-corrected chi connectivity index (χ2v) is 5.05. The van der Waals surface area contributed by atoms with Crippen LogP contribution in [0.3, 0.4) is 0 Å². The van der Waals surface area contributed by atoms with Crippen molar-refractivity contribution in [3.8, 4) is 11.5 Å². The summed E-state index contributed by atoms with van der Waals surface area (Å²) in [6.45, 7) is 3.99.